The van der Waals surface area contributed by atoms with Crippen LogP contribution in [0, 0.1) is 0 Å². The van der Waals surface area contributed by atoms with Crippen LogP contribution in [0.15, 0.2) is 91.5 Å². The van der Waals surface area contributed by atoms with Gasteiger partial charge in [0.25, 0.3) is 5.91 Å². The molecule has 0 bridgehead atoms. The van der Waals surface area contributed by atoms with Crippen LogP contribution >= 0.6 is 12.4 Å². The van der Waals surface area contributed by atoms with E-state index in [1.54, 1.807) is 0 Å². The average Bonchev–Trinajstić information content (AvgIpc) is 3.10. The molecule has 51 heavy (non-hydrogen) atoms. The van der Waals surface area contributed by atoms with Crippen molar-refractivity contribution in [2.75, 3.05) is 13.1 Å². The molecule has 4 aromatic rings. The van der Waals surface area contributed by atoms with Gasteiger partial charge in [-0.25, -0.2) is 4.79 Å². The summed E-state index contributed by atoms with van der Waals surface area (Å²) in [6.07, 6.45) is 4.35. The summed E-state index contributed by atoms with van der Waals surface area (Å²) in [6.45, 7) is 7.72. The molecular weight excluding hydrogens is 666 g/mol. The molecule has 0 aliphatic heterocycles. The number of carbonyl (C=O) groups excluding carboxylic acids is 3. The Labute approximate surface area is 306 Å². The van der Waals surface area contributed by atoms with E-state index in [2.05, 4.69) is 58.2 Å². The first kappa shape index (κ1) is 40.7. The Morgan fingerprint density at radius 1 is 0.882 bits per heavy atom. The topological polar surface area (TPSA) is 163 Å². The van der Waals surface area contributed by atoms with Gasteiger partial charge in [-0.3, -0.25) is 19.7 Å². The van der Waals surface area contributed by atoms with Crippen molar-refractivity contribution >= 4 is 57.6 Å². The Balaban J connectivity index is 0.00000702. The van der Waals surface area contributed by atoms with Crippen LogP contribution in [0.2, 0.25) is 0 Å². The highest BCUT2D eigenvalue weighted by atomic mass is 35.5. The van der Waals surface area contributed by atoms with Gasteiger partial charge in [0, 0.05) is 13.3 Å². The third kappa shape index (κ3) is 10.6. The molecule has 3 atom stereocenters. The normalized spacial score (nSPS) is 13.3. The van der Waals surface area contributed by atoms with Crippen molar-refractivity contribution in [2.24, 2.45) is 5.73 Å². The fraction of sp³-hybridized carbons (Fsp3) is 0.350. The van der Waals surface area contributed by atoms with E-state index in [1.165, 1.54) is 13.0 Å². The van der Waals surface area contributed by atoms with E-state index in [4.69, 9.17) is 5.73 Å². The summed E-state index contributed by atoms with van der Waals surface area (Å²) in [5.41, 5.74) is 7.06. The molecule has 0 radical (unpaired) electrons. The minimum absolute atomic E-state index is 0. The summed E-state index contributed by atoms with van der Waals surface area (Å²) in [4.78, 5) is 52.3. The van der Waals surface area contributed by atoms with Gasteiger partial charge in [-0.05, 0) is 89.5 Å². The summed E-state index contributed by atoms with van der Waals surface area (Å²) >= 11 is 0. The molecule has 10 nitrogen and oxygen atoms in total. The lowest BCUT2D eigenvalue weighted by atomic mass is 9.91. The van der Waals surface area contributed by atoms with E-state index in [-0.39, 0.29) is 31.7 Å². The predicted octanol–water partition coefficient (Wildman–Crippen LogP) is 5.61. The number of hydrogen-bond acceptors (Lipinski definition) is 6. The highest BCUT2D eigenvalue weighted by molar-refractivity contribution is 6.12. The average molecular weight is 716 g/mol. The summed E-state index contributed by atoms with van der Waals surface area (Å²) in [7, 11) is 0. The van der Waals surface area contributed by atoms with Crippen LogP contribution in [-0.4, -0.2) is 59.6 Å². The number of hydrogen-bond donors (Lipinski definition) is 6. The lowest BCUT2D eigenvalue weighted by Crippen LogP contribution is -2.70. The molecule has 3 amide bonds. The van der Waals surface area contributed by atoms with Crippen molar-refractivity contribution in [1.82, 2.24) is 21.3 Å². The maximum atomic E-state index is 14.1. The standard InChI is InChI=1S/C40H49N5O5.ClH/c1-4-6-24-42-40(22-11-12-23-41,39(50)44-34(13-5-2)38(48)49)45-37(47)35(43-27(3)46)25-28-18-20-29(21-19-28)36-32-16-9-7-14-30(32)26-31-15-8-10-17-33(31)36;/h5,7-10,14-21,26,34-35,42H,2,4,6,11-13,22-25,41H2,1,3H3,(H,43,46)(H,44,50)(H,45,47)(H,48,49);1H/t34-,35-,40-;/m0./s1. The molecule has 0 heterocycles. The maximum absolute atomic E-state index is 14.1. The number of aliphatic carboxylic acids is 1. The van der Waals surface area contributed by atoms with Gasteiger partial charge in [0.2, 0.25) is 11.8 Å². The Bertz CT molecular complexity index is 1750. The van der Waals surface area contributed by atoms with Gasteiger partial charge in [-0.1, -0.05) is 92.2 Å². The lowest BCUT2D eigenvalue weighted by molar-refractivity contribution is -0.144. The fourth-order valence-corrected chi connectivity index (χ4v) is 6.25. The van der Waals surface area contributed by atoms with Gasteiger partial charge >= 0.3 is 5.97 Å². The zero-order chi connectivity index (χ0) is 36.1. The van der Waals surface area contributed by atoms with Crippen LogP contribution < -0.4 is 27.0 Å². The number of nitrogens with one attached hydrogen (secondary N) is 4. The second kappa shape index (κ2) is 19.6. The van der Waals surface area contributed by atoms with Crippen LogP contribution in [0.4, 0.5) is 0 Å². The van der Waals surface area contributed by atoms with Gasteiger partial charge in [0.1, 0.15) is 12.1 Å². The number of rotatable bonds is 19. The van der Waals surface area contributed by atoms with Gasteiger partial charge < -0.3 is 26.8 Å². The van der Waals surface area contributed by atoms with E-state index >= 15 is 0 Å². The summed E-state index contributed by atoms with van der Waals surface area (Å²) < 4.78 is 0. The number of fused-ring (bicyclic) bond motifs is 2. The van der Waals surface area contributed by atoms with Crippen LogP contribution in [0.5, 0.6) is 0 Å². The number of benzene rings is 4. The van der Waals surface area contributed by atoms with Crippen molar-refractivity contribution in [3.8, 4) is 11.1 Å². The zero-order valence-electron chi connectivity index (χ0n) is 29.4. The van der Waals surface area contributed by atoms with Crippen molar-refractivity contribution in [2.45, 2.75) is 76.5 Å². The van der Waals surface area contributed by atoms with Crippen molar-refractivity contribution in [3.05, 3.63) is 97.1 Å². The fourth-order valence-electron chi connectivity index (χ4n) is 6.25. The van der Waals surface area contributed by atoms with Crippen LogP contribution in [-0.2, 0) is 25.6 Å². The molecule has 0 aliphatic carbocycles. The quantitative estimate of drug-likeness (QED) is 0.0318. The van der Waals surface area contributed by atoms with E-state index in [0.29, 0.717) is 32.4 Å². The Kier molecular flexibility index (Phi) is 15.6. The summed E-state index contributed by atoms with van der Waals surface area (Å²) in [5.74, 6) is -2.88. The molecule has 11 heteroatoms. The van der Waals surface area contributed by atoms with E-state index in [1.807, 2.05) is 55.5 Å². The zero-order valence-corrected chi connectivity index (χ0v) is 30.2. The number of carbonyl (C=O) groups is 4. The van der Waals surface area contributed by atoms with Gasteiger partial charge in [-0.15, -0.1) is 19.0 Å². The van der Waals surface area contributed by atoms with E-state index in [9.17, 15) is 24.3 Å². The van der Waals surface area contributed by atoms with Gasteiger partial charge in [-0.2, -0.15) is 0 Å². The highest BCUT2D eigenvalue weighted by Gasteiger charge is 2.42. The first-order valence-electron chi connectivity index (χ1n) is 17.3. The molecule has 0 unspecified atom stereocenters. The number of amides is 3. The first-order valence-corrected chi connectivity index (χ1v) is 17.3. The van der Waals surface area contributed by atoms with Crippen LogP contribution in [0.25, 0.3) is 32.7 Å². The second-order valence-corrected chi connectivity index (χ2v) is 12.7. The Morgan fingerprint density at radius 2 is 1.51 bits per heavy atom. The van der Waals surface area contributed by atoms with Crippen LogP contribution in [0.1, 0.15) is 57.9 Å². The third-order valence-electron chi connectivity index (χ3n) is 8.84. The summed E-state index contributed by atoms with van der Waals surface area (Å²) in [5, 5.41) is 25.8. The summed E-state index contributed by atoms with van der Waals surface area (Å²) in [6, 6.07) is 24.4. The Morgan fingerprint density at radius 3 is 2.06 bits per heavy atom. The minimum Gasteiger partial charge on any atom is -0.480 e. The second-order valence-electron chi connectivity index (χ2n) is 12.7. The molecule has 0 aliphatic rings. The molecule has 0 fully saturated rings. The predicted molar refractivity (Wildman–Crippen MR) is 207 cm³/mol. The monoisotopic (exact) mass is 715 g/mol. The molecule has 0 saturated carbocycles. The SMILES string of the molecule is C=CC[C@H](NC(=O)[C@@](CCCCN)(NCCCC)NC(=O)[C@H](Cc1ccc(-c2c3ccccc3cc3ccccc23)cc1)NC(C)=O)C(=O)O.Cl. The molecule has 0 saturated heterocycles. The Hall–Kier alpha value is -4.77. The largest absolute Gasteiger partial charge is 0.480 e. The number of nitrogens with two attached hydrogens (primary N) is 1. The molecule has 272 valence electrons. The van der Waals surface area contributed by atoms with Crippen molar-refractivity contribution in [1.29, 1.82) is 0 Å². The lowest BCUT2D eigenvalue weighted by Gasteiger charge is -2.37. The van der Waals surface area contributed by atoms with E-state index < -0.39 is 41.4 Å². The number of carboxylic acid groups (broad SMARTS) is 1. The van der Waals surface area contributed by atoms with Crippen molar-refractivity contribution < 1.29 is 24.3 Å². The molecule has 0 aromatic heterocycles. The molecule has 4 aromatic carbocycles. The molecule has 7 N–H and O–H groups in total. The smallest absolute Gasteiger partial charge is 0.326 e. The van der Waals surface area contributed by atoms with E-state index in [0.717, 1.165) is 44.7 Å². The molecule has 4 rings (SSSR count). The molecule has 0 spiro atoms. The van der Waals surface area contributed by atoms with Gasteiger partial charge in [0.15, 0.2) is 5.66 Å². The molecular formula is C40H50ClN5O5. The number of carboxylic acids is 1. The van der Waals surface area contributed by atoms with Crippen LogP contribution in [0.3, 0.4) is 0 Å². The van der Waals surface area contributed by atoms with Gasteiger partial charge in [0.05, 0.1) is 0 Å². The maximum Gasteiger partial charge on any atom is 0.326 e. The third-order valence-corrected chi connectivity index (χ3v) is 8.84. The first-order chi connectivity index (χ1) is 24.1. The number of unbranched alkanes of at least 4 members (excludes halogenated alkanes) is 2. The number of halogens is 1. The van der Waals surface area contributed by atoms with Crippen molar-refractivity contribution in [3.63, 3.8) is 0 Å². The highest BCUT2D eigenvalue weighted by Crippen LogP contribution is 2.36. The minimum atomic E-state index is -1.65.